The van der Waals surface area contributed by atoms with E-state index in [2.05, 4.69) is 6.58 Å². The Bertz CT molecular complexity index is 368. The van der Waals surface area contributed by atoms with Crippen LogP contribution in [-0.4, -0.2) is 21.3 Å². The van der Waals surface area contributed by atoms with Crippen LogP contribution in [0.5, 0.6) is 11.5 Å². The fourth-order valence-electron chi connectivity index (χ4n) is 0.835. The van der Waals surface area contributed by atoms with Gasteiger partial charge in [0.2, 0.25) is 0 Å². The molecule has 4 heteroatoms. The second-order valence-corrected chi connectivity index (χ2v) is 2.49. The van der Waals surface area contributed by atoms with Crippen LogP contribution in [0.15, 0.2) is 24.8 Å². The van der Waals surface area contributed by atoms with Crippen molar-refractivity contribution in [3.63, 3.8) is 0 Å². The Morgan fingerprint density at radius 3 is 2.31 bits per heavy atom. The van der Waals surface area contributed by atoms with Crippen molar-refractivity contribution in [3.05, 3.63) is 30.3 Å². The van der Waals surface area contributed by atoms with Gasteiger partial charge in [0.15, 0.2) is 11.5 Å². The Labute approximate surface area is 74.4 Å². The summed E-state index contributed by atoms with van der Waals surface area (Å²) in [5.41, 5.74) is 0.137. The molecule has 0 bridgehead atoms. The zero-order chi connectivity index (χ0) is 10.0. The summed E-state index contributed by atoms with van der Waals surface area (Å²) in [5, 5.41) is 26.5. The van der Waals surface area contributed by atoms with Crippen molar-refractivity contribution in [1.82, 2.24) is 0 Å². The summed E-state index contributed by atoms with van der Waals surface area (Å²) in [7, 11) is 0. The number of phenolic OH excluding ortho intramolecular Hbond substituents is 2. The predicted octanol–water partition coefficient (Wildman–Crippen LogP) is 1.20. The van der Waals surface area contributed by atoms with Gasteiger partial charge in [-0.2, -0.15) is 0 Å². The molecule has 0 aliphatic carbocycles. The van der Waals surface area contributed by atoms with Crippen molar-refractivity contribution in [2.75, 3.05) is 0 Å². The van der Waals surface area contributed by atoms with Crippen LogP contribution in [0.25, 0.3) is 5.57 Å². The van der Waals surface area contributed by atoms with Gasteiger partial charge < -0.3 is 15.3 Å². The van der Waals surface area contributed by atoms with Gasteiger partial charge in [-0.1, -0.05) is 12.6 Å². The summed E-state index contributed by atoms with van der Waals surface area (Å²) in [4.78, 5) is 10.5. The second-order valence-electron chi connectivity index (χ2n) is 2.49. The minimum Gasteiger partial charge on any atom is -0.504 e. The summed E-state index contributed by atoms with van der Waals surface area (Å²) in [5.74, 6) is -1.81. The molecule has 0 spiro atoms. The fourth-order valence-corrected chi connectivity index (χ4v) is 0.835. The average Bonchev–Trinajstić information content (AvgIpc) is 2.08. The Morgan fingerprint density at radius 2 is 1.85 bits per heavy atom. The van der Waals surface area contributed by atoms with Gasteiger partial charge in [0.1, 0.15) is 0 Å². The minimum absolute atomic E-state index is 0.129. The van der Waals surface area contributed by atoms with Gasteiger partial charge in [-0.15, -0.1) is 0 Å². The highest BCUT2D eigenvalue weighted by molar-refractivity contribution is 6.14. The Kier molecular flexibility index (Phi) is 2.23. The van der Waals surface area contributed by atoms with Crippen molar-refractivity contribution in [1.29, 1.82) is 0 Å². The first-order valence-corrected chi connectivity index (χ1v) is 3.47. The van der Waals surface area contributed by atoms with E-state index in [0.29, 0.717) is 0 Å². The van der Waals surface area contributed by atoms with E-state index in [9.17, 15) is 4.79 Å². The van der Waals surface area contributed by atoms with Crippen molar-refractivity contribution < 1.29 is 20.1 Å². The Hall–Kier alpha value is -1.97. The van der Waals surface area contributed by atoms with Gasteiger partial charge >= 0.3 is 5.97 Å². The summed E-state index contributed by atoms with van der Waals surface area (Å²) in [6, 6.07) is 3.72. The molecule has 0 aromatic heterocycles. The summed E-state index contributed by atoms with van der Waals surface area (Å²) < 4.78 is 0. The number of hydrogen-bond acceptors (Lipinski definition) is 3. The monoisotopic (exact) mass is 180 g/mol. The lowest BCUT2D eigenvalue weighted by molar-refractivity contribution is -0.130. The molecule has 0 unspecified atom stereocenters. The second kappa shape index (κ2) is 3.18. The van der Waals surface area contributed by atoms with E-state index in [4.69, 9.17) is 15.3 Å². The number of phenols is 2. The Morgan fingerprint density at radius 1 is 1.23 bits per heavy atom. The first kappa shape index (κ1) is 9.12. The van der Waals surface area contributed by atoms with E-state index < -0.39 is 5.97 Å². The molecule has 0 saturated carbocycles. The zero-order valence-electron chi connectivity index (χ0n) is 6.69. The molecule has 13 heavy (non-hydrogen) atoms. The van der Waals surface area contributed by atoms with Gasteiger partial charge in [0, 0.05) is 0 Å². The van der Waals surface area contributed by atoms with Crippen LogP contribution in [0.1, 0.15) is 5.56 Å². The molecular formula is C9H8O4. The van der Waals surface area contributed by atoms with E-state index in [-0.39, 0.29) is 22.6 Å². The van der Waals surface area contributed by atoms with E-state index in [0.717, 1.165) is 6.07 Å². The van der Waals surface area contributed by atoms with Crippen molar-refractivity contribution in [2.45, 2.75) is 0 Å². The number of aromatic hydroxyl groups is 2. The fraction of sp³-hybridized carbons (Fsp3) is 0. The van der Waals surface area contributed by atoms with Crippen molar-refractivity contribution in [3.8, 4) is 11.5 Å². The van der Waals surface area contributed by atoms with E-state index >= 15 is 0 Å². The van der Waals surface area contributed by atoms with Crippen molar-refractivity contribution in [2.24, 2.45) is 0 Å². The zero-order valence-corrected chi connectivity index (χ0v) is 6.69. The number of carboxylic acid groups (broad SMARTS) is 1. The van der Waals surface area contributed by atoms with Gasteiger partial charge in [-0.3, -0.25) is 0 Å². The number of benzene rings is 1. The van der Waals surface area contributed by atoms with Crippen LogP contribution in [0, 0.1) is 0 Å². The molecule has 0 heterocycles. The third kappa shape index (κ3) is 1.79. The molecule has 1 rings (SSSR count). The topological polar surface area (TPSA) is 77.8 Å². The maximum Gasteiger partial charge on any atom is 0.335 e. The van der Waals surface area contributed by atoms with Gasteiger partial charge in [-0.05, 0) is 17.7 Å². The predicted molar refractivity (Wildman–Crippen MR) is 46.4 cm³/mol. The lowest BCUT2D eigenvalue weighted by Gasteiger charge is -2.02. The number of carbonyl (C=O) groups is 1. The quantitative estimate of drug-likeness (QED) is 0.472. The molecule has 0 radical (unpaired) electrons. The van der Waals surface area contributed by atoms with Crippen LogP contribution in [0.3, 0.4) is 0 Å². The van der Waals surface area contributed by atoms with Crippen molar-refractivity contribution >= 4 is 11.5 Å². The van der Waals surface area contributed by atoms with E-state index in [1.54, 1.807) is 0 Å². The minimum atomic E-state index is -1.16. The highest BCUT2D eigenvalue weighted by Gasteiger charge is 2.09. The molecule has 0 aliphatic rings. The maximum atomic E-state index is 10.5. The number of hydrogen-bond donors (Lipinski definition) is 3. The molecule has 1 aromatic carbocycles. The average molecular weight is 180 g/mol. The van der Waals surface area contributed by atoms with E-state index in [1.165, 1.54) is 12.1 Å². The molecule has 0 amide bonds. The van der Waals surface area contributed by atoms with E-state index in [1.807, 2.05) is 0 Å². The summed E-state index contributed by atoms with van der Waals surface area (Å²) >= 11 is 0. The van der Waals surface area contributed by atoms with Gasteiger partial charge in [0.05, 0.1) is 5.57 Å². The van der Waals surface area contributed by atoms with Crippen LogP contribution in [0.4, 0.5) is 0 Å². The molecule has 0 saturated heterocycles. The first-order valence-electron chi connectivity index (χ1n) is 3.47. The maximum absolute atomic E-state index is 10.5. The Balaban J connectivity index is 3.11. The summed E-state index contributed by atoms with van der Waals surface area (Å²) in [6.07, 6.45) is 0. The first-order chi connectivity index (χ1) is 6.02. The van der Waals surface area contributed by atoms with Crippen LogP contribution in [0.2, 0.25) is 0 Å². The molecule has 0 atom stereocenters. The highest BCUT2D eigenvalue weighted by Crippen LogP contribution is 2.27. The number of rotatable bonds is 2. The highest BCUT2D eigenvalue weighted by atomic mass is 16.4. The lowest BCUT2D eigenvalue weighted by Crippen LogP contribution is -1.97. The molecule has 68 valence electrons. The third-order valence-electron chi connectivity index (χ3n) is 1.58. The van der Waals surface area contributed by atoms with Crippen LogP contribution >= 0.6 is 0 Å². The smallest absolute Gasteiger partial charge is 0.335 e. The normalized spacial score (nSPS) is 9.54. The molecule has 0 fully saturated rings. The number of aliphatic carboxylic acids is 1. The molecule has 3 N–H and O–H groups in total. The SMILES string of the molecule is C=C(C(=O)O)c1ccc(O)c(O)c1. The van der Waals surface area contributed by atoms with Crippen LogP contribution < -0.4 is 0 Å². The summed E-state index contributed by atoms with van der Waals surface area (Å²) in [6.45, 7) is 3.30. The molecule has 4 nitrogen and oxygen atoms in total. The molecular weight excluding hydrogens is 172 g/mol. The molecule has 1 aromatic rings. The largest absolute Gasteiger partial charge is 0.504 e. The molecule has 0 aliphatic heterocycles. The third-order valence-corrected chi connectivity index (χ3v) is 1.58. The standard InChI is InChI=1S/C9H8O4/c1-5(9(12)13)6-2-3-7(10)8(11)4-6/h2-4,10-11H,1H2,(H,12,13). The number of carboxylic acids is 1. The van der Waals surface area contributed by atoms with Gasteiger partial charge in [-0.25, -0.2) is 4.79 Å². The van der Waals surface area contributed by atoms with Gasteiger partial charge in [0.25, 0.3) is 0 Å². The lowest BCUT2D eigenvalue weighted by atomic mass is 10.1. The van der Waals surface area contributed by atoms with Crippen LogP contribution in [-0.2, 0) is 4.79 Å².